The highest BCUT2D eigenvalue weighted by atomic mass is 35.5. The Morgan fingerprint density at radius 1 is 1.18 bits per heavy atom. The van der Waals surface area contributed by atoms with Crippen LogP contribution in [0.2, 0.25) is 5.02 Å². The average Bonchev–Trinajstić information content (AvgIpc) is 2.78. The maximum absolute atomic E-state index is 13.5. The zero-order chi connectivity index (χ0) is 24.0. The number of nitrogens with zero attached hydrogens (tertiary/aromatic N) is 2. The normalized spacial score (nSPS) is 11.7. The zero-order valence-corrected chi connectivity index (χ0v) is 19.0. The van der Waals surface area contributed by atoms with Gasteiger partial charge in [-0.25, -0.2) is 4.79 Å². The van der Waals surface area contributed by atoms with Gasteiger partial charge in [-0.15, -0.1) is 0 Å². The molecule has 0 fully saturated rings. The van der Waals surface area contributed by atoms with Gasteiger partial charge in [-0.05, 0) is 30.7 Å². The smallest absolute Gasteiger partial charge is 0.330 e. The molecule has 1 heterocycles. The van der Waals surface area contributed by atoms with Crippen molar-refractivity contribution in [3.05, 3.63) is 86.0 Å². The van der Waals surface area contributed by atoms with Crippen molar-refractivity contribution in [3.8, 4) is 5.75 Å². The van der Waals surface area contributed by atoms with Crippen LogP contribution in [0.1, 0.15) is 12.5 Å². The third-order valence-electron chi connectivity index (χ3n) is 4.91. The third-order valence-corrected chi connectivity index (χ3v) is 5.14. The van der Waals surface area contributed by atoms with Crippen LogP contribution in [-0.2, 0) is 22.6 Å². The number of nitrogens with one attached hydrogen (secondary N) is 1. The number of benzene rings is 2. The summed E-state index contributed by atoms with van der Waals surface area (Å²) in [5, 5.41) is 0.458. The second kappa shape index (κ2) is 10.8. The van der Waals surface area contributed by atoms with E-state index in [1.165, 1.54) is 12.0 Å². The maximum Gasteiger partial charge on any atom is 0.330 e. The number of carbonyl (C=O) groups is 1. The molecule has 1 atom stereocenters. The molecule has 0 saturated carbocycles. The molecule has 1 amide bonds. The number of ether oxygens (including phenoxy) is 2. The van der Waals surface area contributed by atoms with Crippen molar-refractivity contribution >= 4 is 29.0 Å². The Morgan fingerprint density at radius 3 is 2.58 bits per heavy atom. The number of rotatable bonds is 9. The predicted molar refractivity (Wildman–Crippen MR) is 127 cm³/mol. The fourth-order valence-corrected chi connectivity index (χ4v) is 3.47. The second-order valence-electron chi connectivity index (χ2n) is 7.26. The van der Waals surface area contributed by atoms with Gasteiger partial charge in [0.15, 0.2) is 11.8 Å². The highest BCUT2D eigenvalue weighted by Gasteiger charge is 2.29. The quantitative estimate of drug-likeness (QED) is 0.493. The van der Waals surface area contributed by atoms with E-state index in [2.05, 4.69) is 4.98 Å². The van der Waals surface area contributed by atoms with Crippen LogP contribution in [-0.4, -0.2) is 35.3 Å². The summed E-state index contributed by atoms with van der Waals surface area (Å²) >= 11 is 6.01. The minimum Gasteiger partial charge on any atom is -0.481 e. The topological polar surface area (TPSA) is 120 Å². The molecule has 0 aliphatic rings. The molecule has 174 valence electrons. The first-order valence-electron chi connectivity index (χ1n) is 10.2. The lowest BCUT2D eigenvalue weighted by Gasteiger charge is -2.27. The Balaban J connectivity index is 2.04. The number of aromatic nitrogens is 2. The number of nitrogens with two attached hydrogens (primary N) is 1. The van der Waals surface area contributed by atoms with Gasteiger partial charge >= 0.3 is 5.69 Å². The van der Waals surface area contributed by atoms with E-state index in [1.54, 1.807) is 31.2 Å². The van der Waals surface area contributed by atoms with E-state index in [1.807, 2.05) is 30.3 Å². The summed E-state index contributed by atoms with van der Waals surface area (Å²) in [5.41, 5.74) is 5.39. The first-order chi connectivity index (χ1) is 15.8. The summed E-state index contributed by atoms with van der Waals surface area (Å²) in [6.07, 6.45) is -0.981. The van der Waals surface area contributed by atoms with E-state index in [0.29, 0.717) is 10.8 Å². The summed E-state index contributed by atoms with van der Waals surface area (Å²) in [6.45, 7) is 1.90. The molecule has 0 unspecified atom stereocenters. The third kappa shape index (κ3) is 5.82. The minimum absolute atomic E-state index is 0.0404. The fraction of sp³-hybridized carbons (Fsp3) is 0.261. The lowest BCUT2D eigenvalue weighted by atomic mass is 10.2. The molecule has 0 saturated heterocycles. The highest BCUT2D eigenvalue weighted by Crippen LogP contribution is 2.23. The first-order valence-corrected chi connectivity index (χ1v) is 10.6. The zero-order valence-electron chi connectivity index (χ0n) is 18.3. The molecular formula is C23H25ClN4O5. The molecule has 3 N–H and O–H groups in total. The first kappa shape index (κ1) is 24.1. The van der Waals surface area contributed by atoms with Crippen LogP contribution >= 0.6 is 11.6 Å². The number of nitrogen functional groups attached to an aromatic ring is 1. The number of H-pyrrole nitrogens is 1. The van der Waals surface area contributed by atoms with Crippen LogP contribution < -0.4 is 26.6 Å². The van der Waals surface area contributed by atoms with E-state index < -0.39 is 23.3 Å². The van der Waals surface area contributed by atoms with Gasteiger partial charge in [-0.1, -0.05) is 48.0 Å². The number of aromatic amines is 1. The van der Waals surface area contributed by atoms with Crippen molar-refractivity contribution in [2.24, 2.45) is 0 Å². The summed E-state index contributed by atoms with van der Waals surface area (Å²) in [4.78, 5) is 42.1. The van der Waals surface area contributed by atoms with Crippen molar-refractivity contribution in [1.29, 1.82) is 0 Å². The maximum atomic E-state index is 13.5. The summed E-state index contributed by atoms with van der Waals surface area (Å²) < 4.78 is 12.0. The van der Waals surface area contributed by atoms with Crippen molar-refractivity contribution in [1.82, 2.24) is 9.55 Å². The number of methoxy groups -OCH3 is 1. The van der Waals surface area contributed by atoms with Crippen molar-refractivity contribution < 1.29 is 14.3 Å². The molecule has 3 aromatic rings. The SMILES string of the molecule is COCCn1c(N)c(N(Cc2ccccc2)C(=O)[C@H](C)Oc2cccc(Cl)c2)c(=O)[nH]c1=O. The molecule has 9 nitrogen and oxygen atoms in total. The largest absolute Gasteiger partial charge is 0.481 e. The molecule has 1 aromatic heterocycles. The molecule has 0 aliphatic carbocycles. The van der Waals surface area contributed by atoms with Gasteiger partial charge in [0, 0.05) is 12.1 Å². The van der Waals surface area contributed by atoms with Crippen LogP contribution in [0.5, 0.6) is 5.75 Å². The van der Waals surface area contributed by atoms with Crippen LogP contribution in [0.15, 0.2) is 64.2 Å². The Labute approximate surface area is 195 Å². The van der Waals surface area contributed by atoms with Crippen molar-refractivity contribution in [2.45, 2.75) is 26.1 Å². The molecule has 10 heteroatoms. The molecule has 0 aliphatic heterocycles. The molecule has 0 bridgehead atoms. The van der Waals surface area contributed by atoms with Crippen LogP contribution in [0.25, 0.3) is 0 Å². The number of hydrogen-bond donors (Lipinski definition) is 2. The number of anilines is 2. The van der Waals surface area contributed by atoms with E-state index in [4.69, 9.17) is 26.8 Å². The predicted octanol–water partition coefficient (Wildman–Crippen LogP) is 2.42. The number of halogens is 1. The van der Waals surface area contributed by atoms with E-state index in [-0.39, 0.29) is 31.2 Å². The molecule has 0 radical (unpaired) electrons. The molecule has 33 heavy (non-hydrogen) atoms. The van der Waals surface area contributed by atoms with Crippen LogP contribution in [0.4, 0.5) is 11.5 Å². The van der Waals surface area contributed by atoms with Gasteiger partial charge in [0.1, 0.15) is 11.6 Å². The molecule has 2 aromatic carbocycles. The van der Waals surface area contributed by atoms with Crippen molar-refractivity contribution in [2.75, 3.05) is 24.4 Å². The Hall–Kier alpha value is -3.56. The lowest BCUT2D eigenvalue weighted by Crippen LogP contribution is -2.45. The standard InChI is InChI=1S/C23H25ClN4O5/c1-15(33-18-10-6-9-17(24)13-18)22(30)28(14-16-7-4-3-5-8-16)19-20(25)27(11-12-32-2)23(31)26-21(19)29/h3-10,13,15H,11-12,14,25H2,1-2H3,(H,26,29,31)/t15-/m0/s1. The summed E-state index contributed by atoms with van der Waals surface area (Å²) in [6, 6.07) is 15.7. The van der Waals surface area contributed by atoms with Gasteiger partial charge in [0.2, 0.25) is 0 Å². The monoisotopic (exact) mass is 472 g/mol. The fourth-order valence-electron chi connectivity index (χ4n) is 3.29. The second-order valence-corrected chi connectivity index (χ2v) is 7.70. The Bertz CT molecular complexity index is 1230. The minimum atomic E-state index is -0.981. The molecule has 3 rings (SSSR count). The highest BCUT2D eigenvalue weighted by molar-refractivity contribution is 6.30. The van der Waals surface area contributed by atoms with Gasteiger partial charge in [-0.3, -0.25) is 24.0 Å². The summed E-state index contributed by atoms with van der Waals surface area (Å²) in [5.74, 6) is -0.261. The van der Waals surface area contributed by atoms with Gasteiger partial charge in [0.25, 0.3) is 11.5 Å². The number of amides is 1. The van der Waals surface area contributed by atoms with E-state index in [9.17, 15) is 14.4 Å². The molecular weight excluding hydrogens is 448 g/mol. The summed E-state index contributed by atoms with van der Waals surface area (Å²) in [7, 11) is 1.48. The Morgan fingerprint density at radius 2 is 1.91 bits per heavy atom. The van der Waals surface area contributed by atoms with Gasteiger partial charge < -0.3 is 15.2 Å². The van der Waals surface area contributed by atoms with Crippen LogP contribution in [0, 0.1) is 0 Å². The van der Waals surface area contributed by atoms with Crippen LogP contribution in [0.3, 0.4) is 0 Å². The number of carbonyl (C=O) groups excluding carboxylic acids is 1. The van der Waals surface area contributed by atoms with Crippen molar-refractivity contribution in [3.63, 3.8) is 0 Å². The van der Waals surface area contributed by atoms with Gasteiger partial charge in [-0.2, -0.15) is 0 Å². The molecule has 0 spiro atoms. The van der Waals surface area contributed by atoms with E-state index in [0.717, 1.165) is 10.1 Å². The lowest BCUT2D eigenvalue weighted by molar-refractivity contribution is -0.124. The van der Waals surface area contributed by atoms with E-state index >= 15 is 0 Å². The Kier molecular flexibility index (Phi) is 7.92. The number of hydrogen-bond acceptors (Lipinski definition) is 6. The average molecular weight is 473 g/mol. The van der Waals surface area contributed by atoms with Gasteiger partial charge in [0.05, 0.1) is 19.7 Å².